The molecular weight excluding hydrogens is 529 g/mol. The average molecular weight is 554 g/mol. The molecule has 0 bridgehead atoms. The summed E-state index contributed by atoms with van der Waals surface area (Å²) in [7, 11) is 0. The molecule has 5 rings (SSSR count). The van der Waals surface area contributed by atoms with Gasteiger partial charge in [-0.15, -0.1) is 0 Å². The van der Waals surface area contributed by atoms with Gasteiger partial charge in [0.2, 0.25) is 0 Å². The van der Waals surface area contributed by atoms with Gasteiger partial charge in [-0.05, 0) is 35.9 Å². The molecule has 39 heavy (non-hydrogen) atoms. The zero-order valence-electron chi connectivity index (χ0n) is 20.8. The van der Waals surface area contributed by atoms with Gasteiger partial charge in [0.15, 0.2) is 5.75 Å². The first-order chi connectivity index (χ1) is 19.0. The second-order valence-corrected chi connectivity index (χ2v) is 9.21. The Balaban J connectivity index is 1.31. The number of hydrogen-bond donors (Lipinski definition) is 1. The number of aromatic nitrogens is 2. The Morgan fingerprint density at radius 2 is 1.92 bits per heavy atom. The lowest BCUT2D eigenvalue weighted by molar-refractivity contribution is -0.385. The third kappa shape index (κ3) is 6.69. The number of morpholine rings is 1. The summed E-state index contributed by atoms with van der Waals surface area (Å²) in [6.07, 6.45) is 1.37. The first-order valence-corrected chi connectivity index (χ1v) is 12.6. The van der Waals surface area contributed by atoms with E-state index in [0.29, 0.717) is 65.1 Å². The molecule has 1 N–H and O–H groups in total. The smallest absolute Gasteiger partial charge is 0.311 e. The van der Waals surface area contributed by atoms with Crippen molar-refractivity contribution in [3.63, 3.8) is 0 Å². The minimum atomic E-state index is -0.484. The van der Waals surface area contributed by atoms with E-state index in [0.717, 1.165) is 13.1 Å². The van der Waals surface area contributed by atoms with E-state index in [2.05, 4.69) is 20.2 Å². The number of anilines is 2. The van der Waals surface area contributed by atoms with E-state index in [4.69, 9.17) is 25.8 Å². The molecule has 10 nitrogen and oxygen atoms in total. The van der Waals surface area contributed by atoms with Crippen LogP contribution in [0.15, 0.2) is 60.9 Å². The molecule has 0 atom stereocenters. The van der Waals surface area contributed by atoms with Crippen LogP contribution >= 0.6 is 11.6 Å². The van der Waals surface area contributed by atoms with Gasteiger partial charge in [0.05, 0.1) is 34.1 Å². The number of hydrogen-bond acceptors (Lipinski definition) is 9. The van der Waals surface area contributed by atoms with Crippen molar-refractivity contribution in [2.45, 2.75) is 6.61 Å². The van der Waals surface area contributed by atoms with E-state index >= 15 is 0 Å². The van der Waals surface area contributed by atoms with Crippen LogP contribution in [-0.4, -0.2) is 59.2 Å². The number of nitro benzene ring substituents is 1. The average Bonchev–Trinajstić information content (AvgIpc) is 2.93. The number of ether oxygens (including phenoxy) is 3. The van der Waals surface area contributed by atoms with Gasteiger partial charge in [0, 0.05) is 37.5 Å². The summed E-state index contributed by atoms with van der Waals surface area (Å²) in [5, 5.41) is 15.8. The molecule has 0 saturated carbocycles. The molecule has 0 unspecified atom stereocenters. The molecule has 4 aromatic rings. The Hall–Kier alpha value is -4.06. The number of nitro groups is 1. The van der Waals surface area contributed by atoms with Crippen LogP contribution in [0.5, 0.6) is 11.5 Å². The van der Waals surface area contributed by atoms with Gasteiger partial charge < -0.3 is 19.5 Å². The van der Waals surface area contributed by atoms with E-state index in [-0.39, 0.29) is 23.9 Å². The van der Waals surface area contributed by atoms with Crippen molar-refractivity contribution in [3.8, 4) is 11.5 Å². The molecule has 1 aromatic heterocycles. The summed E-state index contributed by atoms with van der Waals surface area (Å²) in [6, 6.07) is 14.1. The van der Waals surface area contributed by atoms with Gasteiger partial charge >= 0.3 is 5.69 Å². The first-order valence-electron chi connectivity index (χ1n) is 12.3. The Kier molecular flexibility index (Phi) is 8.30. The highest BCUT2D eigenvalue weighted by Crippen LogP contribution is 2.36. The summed E-state index contributed by atoms with van der Waals surface area (Å²) in [5.74, 6) is 0.597. The van der Waals surface area contributed by atoms with Crippen molar-refractivity contribution in [1.29, 1.82) is 0 Å². The number of nitrogens with zero attached hydrogens (tertiary/aromatic N) is 4. The summed E-state index contributed by atoms with van der Waals surface area (Å²) in [5.41, 5.74) is 1.57. The fraction of sp³-hybridized carbons (Fsp3) is 0.259. The molecule has 1 fully saturated rings. The van der Waals surface area contributed by atoms with E-state index in [1.54, 1.807) is 36.4 Å². The van der Waals surface area contributed by atoms with Crippen molar-refractivity contribution >= 4 is 39.7 Å². The van der Waals surface area contributed by atoms with Crippen molar-refractivity contribution in [1.82, 2.24) is 14.9 Å². The molecule has 1 saturated heterocycles. The normalized spacial score (nSPS) is 13.8. The van der Waals surface area contributed by atoms with Crippen LogP contribution in [0, 0.1) is 15.9 Å². The lowest BCUT2D eigenvalue weighted by atomic mass is 10.2. The summed E-state index contributed by atoms with van der Waals surface area (Å²) >= 11 is 6.42. The number of rotatable bonds is 10. The highest BCUT2D eigenvalue weighted by molar-refractivity contribution is 6.32. The summed E-state index contributed by atoms with van der Waals surface area (Å²) < 4.78 is 30.3. The second-order valence-electron chi connectivity index (χ2n) is 8.81. The van der Waals surface area contributed by atoms with Crippen LogP contribution in [0.4, 0.5) is 21.6 Å². The largest absolute Gasteiger partial charge is 0.487 e. The Labute approximate surface area is 228 Å². The Morgan fingerprint density at radius 1 is 1.08 bits per heavy atom. The summed E-state index contributed by atoms with van der Waals surface area (Å²) in [4.78, 5) is 22.1. The molecule has 0 spiro atoms. The Morgan fingerprint density at radius 3 is 2.69 bits per heavy atom. The predicted octanol–water partition coefficient (Wildman–Crippen LogP) is 5.36. The second kappa shape index (κ2) is 12.2. The molecule has 1 aliphatic heterocycles. The van der Waals surface area contributed by atoms with Crippen LogP contribution in [0.3, 0.4) is 0 Å². The third-order valence-corrected chi connectivity index (χ3v) is 6.45. The molecule has 12 heteroatoms. The van der Waals surface area contributed by atoms with Crippen LogP contribution in [0.1, 0.15) is 5.56 Å². The predicted molar refractivity (Wildman–Crippen MR) is 144 cm³/mol. The van der Waals surface area contributed by atoms with Gasteiger partial charge in [-0.3, -0.25) is 15.0 Å². The number of benzene rings is 3. The molecule has 0 amide bonds. The first kappa shape index (κ1) is 26.5. The zero-order valence-corrected chi connectivity index (χ0v) is 21.6. The zero-order chi connectivity index (χ0) is 27.2. The SMILES string of the molecule is O=[N+]([O-])c1cc2c(Nc3ccc(OCc4cccc(F)c4)c(Cl)c3)ncnc2cc1OCCN1CCOCC1. The number of nitrogens with one attached hydrogen (secondary N) is 1. The van der Waals surface area contributed by atoms with Crippen molar-refractivity contribution in [2.24, 2.45) is 0 Å². The highest BCUT2D eigenvalue weighted by Gasteiger charge is 2.20. The quantitative estimate of drug-likeness (QED) is 0.205. The molecule has 0 aliphatic carbocycles. The van der Waals surface area contributed by atoms with Crippen LogP contribution in [0.25, 0.3) is 10.9 Å². The van der Waals surface area contributed by atoms with Gasteiger partial charge in [0.1, 0.15) is 36.9 Å². The van der Waals surface area contributed by atoms with E-state index in [1.165, 1.54) is 24.5 Å². The maximum absolute atomic E-state index is 13.4. The van der Waals surface area contributed by atoms with Crippen molar-refractivity contribution in [2.75, 3.05) is 44.8 Å². The number of halogens is 2. The van der Waals surface area contributed by atoms with E-state index in [1.807, 2.05) is 0 Å². The summed E-state index contributed by atoms with van der Waals surface area (Å²) in [6.45, 7) is 4.02. The molecule has 1 aliphatic rings. The minimum Gasteiger partial charge on any atom is -0.487 e. The molecule has 0 radical (unpaired) electrons. The standard InChI is InChI=1S/C27H25ClFN5O5/c28-22-13-20(4-5-25(22)39-16-18-2-1-3-19(29)12-18)32-27-21-14-24(34(35)36)26(15-23(21)30-17-31-27)38-11-8-33-6-9-37-10-7-33/h1-5,12-15,17H,6-11,16H2,(H,30,31,32). The molecular formula is C27H25ClFN5O5. The molecule has 202 valence electrons. The third-order valence-electron chi connectivity index (χ3n) is 6.16. The van der Waals surface area contributed by atoms with Gasteiger partial charge in [0.25, 0.3) is 0 Å². The molecule has 2 heterocycles. The minimum absolute atomic E-state index is 0.147. The van der Waals surface area contributed by atoms with Gasteiger partial charge in [-0.25, -0.2) is 14.4 Å². The van der Waals surface area contributed by atoms with E-state index < -0.39 is 4.92 Å². The lowest BCUT2D eigenvalue weighted by Gasteiger charge is -2.26. The monoisotopic (exact) mass is 553 g/mol. The number of fused-ring (bicyclic) bond motifs is 1. The van der Waals surface area contributed by atoms with Crippen molar-refractivity contribution < 1.29 is 23.5 Å². The Bertz CT molecular complexity index is 1480. The maximum Gasteiger partial charge on any atom is 0.311 e. The van der Waals surface area contributed by atoms with E-state index in [9.17, 15) is 14.5 Å². The van der Waals surface area contributed by atoms with Crippen LogP contribution < -0.4 is 14.8 Å². The van der Waals surface area contributed by atoms with Crippen LogP contribution in [0.2, 0.25) is 5.02 Å². The van der Waals surface area contributed by atoms with Crippen molar-refractivity contribution in [3.05, 3.63) is 87.4 Å². The van der Waals surface area contributed by atoms with Gasteiger partial charge in [-0.1, -0.05) is 23.7 Å². The molecule has 3 aromatic carbocycles. The highest BCUT2D eigenvalue weighted by atomic mass is 35.5. The van der Waals surface area contributed by atoms with Crippen LogP contribution in [-0.2, 0) is 11.3 Å². The lowest BCUT2D eigenvalue weighted by Crippen LogP contribution is -2.38. The fourth-order valence-corrected chi connectivity index (χ4v) is 4.40. The topological polar surface area (TPSA) is 112 Å². The maximum atomic E-state index is 13.4. The fourth-order valence-electron chi connectivity index (χ4n) is 4.16. The van der Waals surface area contributed by atoms with Gasteiger partial charge in [-0.2, -0.15) is 0 Å².